The summed E-state index contributed by atoms with van der Waals surface area (Å²) in [6.45, 7) is 6.78. The van der Waals surface area contributed by atoms with Crippen molar-refractivity contribution >= 4 is 6.29 Å². The zero-order valence-electron chi connectivity index (χ0n) is 8.21. The third kappa shape index (κ3) is 1.96. The average Bonchev–Trinajstić information content (AvgIpc) is 1.98. The Morgan fingerprint density at radius 3 is 2.75 bits per heavy atom. The molecule has 1 nitrogen and oxygen atoms in total. The van der Waals surface area contributed by atoms with E-state index in [4.69, 9.17) is 0 Å². The highest BCUT2D eigenvalue weighted by molar-refractivity contribution is 5.50. The SMILES string of the molecule is CC1CC(CC=O)C=CC1(C)C. The van der Waals surface area contributed by atoms with Crippen LogP contribution >= 0.6 is 0 Å². The third-order valence-corrected chi connectivity index (χ3v) is 3.12. The van der Waals surface area contributed by atoms with E-state index in [1.165, 1.54) is 0 Å². The van der Waals surface area contributed by atoms with Gasteiger partial charge in [0.2, 0.25) is 0 Å². The van der Waals surface area contributed by atoms with Crippen LogP contribution in [0.25, 0.3) is 0 Å². The van der Waals surface area contributed by atoms with Crippen molar-refractivity contribution in [2.45, 2.75) is 33.6 Å². The van der Waals surface area contributed by atoms with Gasteiger partial charge in [0.1, 0.15) is 6.29 Å². The Morgan fingerprint density at radius 2 is 2.25 bits per heavy atom. The maximum atomic E-state index is 10.3. The lowest BCUT2D eigenvalue weighted by atomic mass is 9.70. The minimum atomic E-state index is 0.319. The first-order chi connectivity index (χ1) is 5.56. The molecule has 0 saturated carbocycles. The summed E-state index contributed by atoms with van der Waals surface area (Å²) in [6.07, 6.45) is 7.34. The highest BCUT2D eigenvalue weighted by Crippen LogP contribution is 2.38. The van der Waals surface area contributed by atoms with Crippen molar-refractivity contribution in [2.24, 2.45) is 17.3 Å². The second kappa shape index (κ2) is 3.42. The highest BCUT2D eigenvalue weighted by atomic mass is 16.1. The Hall–Kier alpha value is -0.590. The zero-order valence-corrected chi connectivity index (χ0v) is 8.21. The summed E-state index contributed by atoms with van der Waals surface area (Å²) in [7, 11) is 0. The van der Waals surface area contributed by atoms with Crippen LogP contribution in [0.15, 0.2) is 12.2 Å². The van der Waals surface area contributed by atoms with Crippen LogP contribution in [0.5, 0.6) is 0 Å². The van der Waals surface area contributed by atoms with Crippen molar-refractivity contribution in [1.29, 1.82) is 0 Å². The summed E-state index contributed by atoms with van der Waals surface area (Å²) in [5.41, 5.74) is 0.319. The van der Waals surface area contributed by atoms with Crippen molar-refractivity contribution in [1.82, 2.24) is 0 Å². The van der Waals surface area contributed by atoms with Gasteiger partial charge in [-0.3, -0.25) is 0 Å². The standard InChI is InChI=1S/C11H18O/c1-9-8-10(5-7-12)4-6-11(9,2)3/h4,6-7,9-10H,5,8H2,1-3H3. The van der Waals surface area contributed by atoms with Gasteiger partial charge in [-0.2, -0.15) is 0 Å². The second-order valence-electron chi connectivity index (χ2n) is 4.48. The molecule has 68 valence electrons. The Balaban J connectivity index is 2.63. The number of aldehydes is 1. The number of hydrogen-bond donors (Lipinski definition) is 0. The van der Waals surface area contributed by atoms with Gasteiger partial charge in [0.15, 0.2) is 0 Å². The lowest BCUT2D eigenvalue weighted by Gasteiger charge is -2.35. The molecule has 0 N–H and O–H groups in total. The Kier molecular flexibility index (Phi) is 2.71. The van der Waals surface area contributed by atoms with E-state index in [9.17, 15) is 4.79 Å². The number of carbonyl (C=O) groups is 1. The summed E-state index contributed by atoms with van der Waals surface area (Å²) >= 11 is 0. The van der Waals surface area contributed by atoms with Crippen LogP contribution in [0.2, 0.25) is 0 Å². The van der Waals surface area contributed by atoms with Gasteiger partial charge in [-0.15, -0.1) is 0 Å². The minimum Gasteiger partial charge on any atom is -0.303 e. The van der Waals surface area contributed by atoms with Crippen LogP contribution in [-0.2, 0) is 4.79 Å². The molecule has 1 heteroatoms. The van der Waals surface area contributed by atoms with E-state index < -0.39 is 0 Å². The fourth-order valence-corrected chi connectivity index (χ4v) is 1.68. The zero-order chi connectivity index (χ0) is 9.19. The first-order valence-electron chi connectivity index (χ1n) is 4.69. The topological polar surface area (TPSA) is 17.1 Å². The summed E-state index contributed by atoms with van der Waals surface area (Å²) < 4.78 is 0. The van der Waals surface area contributed by atoms with E-state index in [0.29, 0.717) is 23.7 Å². The molecule has 0 bridgehead atoms. The maximum absolute atomic E-state index is 10.3. The Bertz CT molecular complexity index is 191. The van der Waals surface area contributed by atoms with E-state index >= 15 is 0 Å². The van der Waals surface area contributed by atoms with Gasteiger partial charge in [0, 0.05) is 6.42 Å². The molecular weight excluding hydrogens is 148 g/mol. The minimum absolute atomic E-state index is 0.319. The summed E-state index contributed by atoms with van der Waals surface area (Å²) in [5.74, 6) is 1.18. The fraction of sp³-hybridized carbons (Fsp3) is 0.727. The molecule has 12 heavy (non-hydrogen) atoms. The highest BCUT2D eigenvalue weighted by Gasteiger charge is 2.28. The number of rotatable bonds is 2. The molecule has 0 amide bonds. The van der Waals surface area contributed by atoms with E-state index in [1.54, 1.807) is 0 Å². The predicted octanol–water partition coefficient (Wildman–Crippen LogP) is 2.81. The molecule has 0 spiro atoms. The summed E-state index contributed by atoms with van der Waals surface area (Å²) in [4.78, 5) is 10.3. The van der Waals surface area contributed by atoms with Crippen LogP contribution in [-0.4, -0.2) is 6.29 Å². The van der Waals surface area contributed by atoms with E-state index in [2.05, 4.69) is 32.9 Å². The fourth-order valence-electron chi connectivity index (χ4n) is 1.68. The number of carbonyl (C=O) groups excluding carboxylic acids is 1. The summed E-state index contributed by atoms with van der Waals surface area (Å²) in [5, 5.41) is 0. The molecule has 2 unspecified atom stereocenters. The molecule has 0 heterocycles. The van der Waals surface area contributed by atoms with Crippen molar-refractivity contribution in [3.8, 4) is 0 Å². The molecule has 0 aliphatic heterocycles. The predicted molar refractivity (Wildman–Crippen MR) is 50.9 cm³/mol. The Labute approximate surface area is 74.9 Å². The molecule has 1 rings (SSSR count). The quantitative estimate of drug-likeness (QED) is 0.455. The van der Waals surface area contributed by atoms with Crippen LogP contribution in [0.1, 0.15) is 33.6 Å². The molecule has 0 aromatic heterocycles. The number of hydrogen-bond acceptors (Lipinski definition) is 1. The second-order valence-corrected chi connectivity index (χ2v) is 4.48. The largest absolute Gasteiger partial charge is 0.303 e. The molecule has 1 aliphatic carbocycles. The molecule has 0 aromatic rings. The third-order valence-electron chi connectivity index (χ3n) is 3.12. The lowest BCUT2D eigenvalue weighted by molar-refractivity contribution is -0.108. The molecule has 0 aromatic carbocycles. The van der Waals surface area contributed by atoms with Crippen molar-refractivity contribution < 1.29 is 4.79 Å². The van der Waals surface area contributed by atoms with Crippen molar-refractivity contribution in [3.05, 3.63) is 12.2 Å². The van der Waals surface area contributed by atoms with Crippen LogP contribution in [0, 0.1) is 17.3 Å². The van der Waals surface area contributed by atoms with Gasteiger partial charge < -0.3 is 4.79 Å². The molecule has 0 saturated heterocycles. The van der Waals surface area contributed by atoms with Gasteiger partial charge >= 0.3 is 0 Å². The van der Waals surface area contributed by atoms with Crippen molar-refractivity contribution in [2.75, 3.05) is 0 Å². The Morgan fingerprint density at radius 1 is 1.58 bits per heavy atom. The van der Waals surface area contributed by atoms with Gasteiger partial charge in [0.05, 0.1) is 0 Å². The summed E-state index contributed by atoms with van der Waals surface area (Å²) in [6, 6.07) is 0. The van der Waals surface area contributed by atoms with Gasteiger partial charge in [-0.05, 0) is 23.7 Å². The van der Waals surface area contributed by atoms with Gasteiger partial charge in [0.25, 0.3) is 0 Å². The molecule has 0 fully saturated rings. The first-order valence-corrected chi connectivity index (χ1v) is 4.69. The van der Waals surface area contributed by atoms with E-state index in [-0.39, 0.29) is 0 Å². The number of allylic oxidation sites excluding steroid dienone is 2. The smallest absolute Gasteiger partial charge is 0.120 e. The van der Waals surface area contributed by atoms with Crippen LogP contribution in [0.3, 0.4) is 0 Å². The molecule has 1 aliphatic rings. The average molecular weight is 166 g/mol. The normalized spacial score (nSPS) is 33.2. The van der Waals surface area contributed by atoms with E-state index in [1.807, 2.05) is 0 Å². The van der Waals surface area contributed by atoms with Crippen LogP contribution in [0.4, 0.5) is 0 Å². The monoisotopic (exact) mass is 166 g/mol. The molecule has 2 atom stereocenters. The van der Waals surface area contributed by atoms with Gasteiger partial charge in [-0.1, -0.05) is 32.9 Å². The lowest BCUT2D eigenvalue weighted by Crippen LogP contribution is -2.25. The first kappa shape index (κ1) is 9.50. The van der Waals surface area contributed by atoms with Gasteiger partial charge in [-0.25, -0.2) is 0 Å². The van der Waals surface area contributed by atoms with Crippen molar-refractivity contribution in [3.63, 3.8) is 0 Å². The molecular formula is C11H18O. The van der Waals surface area contributed by atoms with E-state index in [0.717, 1.165) is 12.7 Å². The van der Waals surface area contributed by atoms with Crippen LogP contribution < -0.4 is 0 Å². The molecule has 0 radical (unpaired) electrons. The maximum Gasteiger partial charge on any atom is 0.120 e.